The first-order valence-electron chi connectivity index (χ1n) is 13.5. The molecular formula is C29H42N4O2S. The molecule has 1 saturated carbocycles. The highest BCUT2D eigenvalue weighted by atomic mass is 32.1. The van der Waals surface area contributed by atoms with Gasteiger partial charge in [-0.05, 0) is 73.9 Å². The van der Waals surface area contributed by atoms with E-state index < -0.39 is 6.04 Å². The topological polar surface area (TPSA) is 78.7 Å². The van der Waals surface area contributed by atoms with Crippen LogP contribution in [0.2, 0.25) is 0 Å². The SMILES string of the molecule is Cc1ccccc1CN(CC(C)C)C1CCN(C(=O)c2cccs2)[C@@H](C(=O)NC2CCC(N)CC2)C1. The Morgan fingerprint density at radius 1 is 1.11 bits per heavy atom. The number of nitrogens with one attached hydrogen (secondary N) is 1. The summed E-state index contributed by atoms with van der Waals surface area (Å²) in [7, 11) is 0. The molecule has 4 rings (SSSR count). The number of nitrogens with zero attached hydrogens (tertiary/aromatic N) is 2. The standard InChI is InChI=1S/C29H42N4O2S/c1-20(2)18-32(19-22-8-5-4-7-21(22)3)25-14-15-33(29(35)27-9-6-16-36-27)26(17-25)28(34)31-24-12-10-23(30)11-13-24/h4-9,16,20,23-26H,10-15,17-19,30H2,1-3H3,(H,31,34)/t23?,24?,25?,26-/m1/s1. The fourth-order valence-corrected chi connectivity index (χ4v) is 6.37. The van der Waals surface area contributed by atoms with Crippen molar-refractivity contribution in [3.8, 4) is 0 Å². The fourth-order valence-electron chi connectivity index (χ4n) is 5.69. The normalized spacial score (nSPS) is 24.8. The Morgan fingerprint density at radius 3 is 2.53 bits per heavy atom. The number of nitrogens with two attached hydrogens (primary N) is 1. The highest BCUT2D eigenvalue weighted by Gasteiger charge is 2.39. The lowest BCUT2D eigenvalue weighted by molar-refractivity contribution is -0.128. The number of carbonyl (C=O) groups excluding carboxylic acids is 2. The lowest BCUT2D eigenvalue weighted by Crippen LogP contribution is -2.58. The third kappa shape index (κ3) is 6.75. The van der Waals surface area contributed by atoms with Gasteiger partial charge in [-0.25, -0.2) is 0 Å². The second-order valence-corrected chi connectivity index (χ2v) is 12.0. The van der Waals surface area contributed by atoms with Crippen molar-refractivity contribution in [1.29, 1.82) is 0 Å². The van der Waals surface area contributed by atoms with Gasteiger partial charge in [-0.1, -0.05) is 44.2 Å². The summed E-state index contributed by atoms with van der Waals surface area (Å²) in [6.45, 7) is 9.08. The van der Waals surface area contributed by atoms with Crippen LogP contribution >= 0.6 is 11.3 Å². The molecule has 36 heavy (non-hydrogen) atoms. The molecule has 2 amide bonds. The molecule has 1 aliphatic carbocycles. The minimum absolute atomic E-state index is 0.00883. The fraction of sp³-hybridized carbons (Fsp3) is 0.586. The molecule has 1 aromatic heterocycles. The van der Waals surface area contributed by atoms with Crippen LogP contribution in [0.25, 0.3) is 0 Å². The number of benzene rings is 1. The van der Waals surface area contributed by atoms with Gasteiger partial charge in [0.1, 0.15) is 6.04 Å². The second kappa shape index (κ2) is 12.3. The molecule has 2 aliphatic rings. The number of amides is 2. The van der Waals surface area contributed by atoms with Gasteiger partial charge in [0.2, 0.25) is 5.91 Å². The Kier molecular flexibility index (Phi) is 9.20. The third-order valence-electron chi connectivity index (χ3n) is 7.74. The summed E-state index contributed by atoms with van der Waals surface area (Å²) in [5.74, 6) is 0.479. The van der Waals surface area contributed by atoms with Crippen LogP contribution in [0, 0.1) is 12.8 Å². The molecule has 0 radical (unpaired) electrons. The molecule has 1 unspecified atom stereocenters. The zero-order chi connectivity index (χ0) is 25.7. The van der Waals surface area contributed by atoms with E-state index in [1.54, 1.807) is 0 Å². The number of hydrogen-bond donors (Lipinski definition) is 2. The number of piperidine rings is 1. The lowest BCUT2D eigenvalue weighted by Gasteiger charge is -2.44. The Balaban J connectivity index is 1.54. The van der Waals surface area contributed by atoms with Crippen molar-refractivity contribution in [2.24, 2.45) is 11.7 Å². The molecule has 2 atom stereocenters. The molecule has 2 heterocycles. The summed E-state index contributed by atoms with van der Waals surface area (Å²) in [5.41, 5.74) is 8.70. The molecule has 1 aliphatic heterocycles. The van der Waals surface area contributed by atoms with Gasteiger partial charge >= 0.3 is 0 Å². The van der Waals surface area contributed by atoms with Gasteiger partial charge in [-0.15, -0.1) is 11.3 Å². The van der Waals surface area contributed by atoms with Gasteiger partial charge < -0.3 is 16.0 Å². The van der Waals surface area contributed by atoms with E-state index in [0.29, 0.717) is 23.8 Å². The van der Waals surface area contributed by atoms with E-state index in [4.69, 9.17) is 5.73 Å². The highest BCUT2D eigenvalue weighted by Crippen LogP contribution is 2.28. The number of aryl methyl sites for hydroxylation is 1. The van der Waals surface area contributed by atoms with Crippen LogP contribution in [0.3, 0.4) is 0 Å². The summed E-state index contributed by atoms with van der Waals surface area (Å²) >= 11 is 1.45. The minimum atomic E-state index is -0.458. The maximum atomic E-state index is 13.7. The summed E-state index contributed by atoms with van der Waals surface area (Å²) in [5, 5.41) is 5.22. The first-order chi connectivity index (χ1) is 17.3. The van der Waals surface area contributed by atoms with Gasteiger partial charge in [0.15, 0.2) is 0 Å². The van der Waals surface area contributed by atoms with Crippen molar-refractivity contribution < 1.29 is 9.59 Å². The van der Waals surface area contributed by atoms with Crippen LogP contribution < -0.4 is 11.1 Å². The van der Waals surface area contributed by atoms with Crippen LogP contribution in [0.4, 0.5) is 0 Å². The Bertz CT molecular complexity index is 1000. The minimum Gasteiger partial charge on any atom is -0.352 e. The van der Waals surface area contributed by atoms with Crippen LogP contribution in [0.15, 0.2) is 41.8 Å². The molecule has 1 aromatic carbocycles. The van der Waals surface area contributed by atoms with Gasteiger partial charge in [0, 0.05) is 37.8 Å². The van der Waals surface area contributed by atoms with Crippen LogP contribution in [0.1, 0.15) is 73.2 Å². The maximum absolute atomic E-state index is 13.7. The molecule has 2 fully saturated rings. The summed E-state index contributed by atoms with van der Waals surface area (Å²) in [6.07, 6.45) is 5.23. The van der Waals surface area contributed by atoms with Gasteiger partial charge in [-0.2, -0.15) is 0 Å². The van der Waals surface area contributed by atoms with Crippen LogP contribution in [0.5, 0.6) is 0 Å². The zero-order valence-electron chi connectivity index (χ0n) is 22.0. The predicted molar refractivity (Wildman–Crippen MR) is 147 cm³/mol. The van der Waals surface area contributed by atoms with E-state index in [-0.39, 0.29) is 29.9 Å². The zero-order valence-corrected chi connectivity index (χ0v) is 22.8. The van der Waals surface area contributed by atoms with Crippen molar-refractivity contribution in [2.45, 2.75) is 90.0 Å². The molecule has 6 nitrogen and oxygen atoms in total. The number of likely N-dealkylation sites (tertiary alicyclic amines) is 1. The first-order valence-corrected chi connectivity index (χ1v) is 14.4. The Hall–Kier alpha value is -2.22. The van der Waals surface area contributed by atoms with Crippen molar-refractivity contribution in [3.63, 3.8) is 0 Å². The van der Waals surface area contributed by atoms with E-state index in [2.05, 4.69) is 55.3 Å². The number of rotatable bonds is 8. The summed E-state index contributed by atoms with van der Waals surface area (Å²) < 4.78 is 0. The molecule has 196 valence electrons. The molecule has 1 saturated heterocycles. The van der Waals surface area contributed by atoms with E-state index in [1.165, 1.54) is 22.5 Å². The van der Waals surface area contributed by atoms with E-state index in [1.807, 2.05) is 22.4 Å². The van der Waals surface area contributed by atoms with Crippen molar-refractivity contribution in [3.05, 3.63) is 57.8 Å². The first kappa shape index (κ1) is 26.8. The lowest BCUT2D eigenvalue weighted by atomic mass is 9.90. The number of carbonyl (C=O) groups is 2. The summed E-state index contributed by atoms with van der Waals surface area (Å²) in [4.78, 5) is 32.2. The maximum Gasteiger partial charge on any atom is 0.264 e. The van der Waals surface area contributed by atoms with Gasteiger partial charge in [-0.3, -0.25) is 14.5 Å². The smallest absolute Gasteiger partial charge is 0.264 e. The van der Waals surface area contributed by atoms with E-state index >= 15 is 0 Å². The quantitative estimate of drug-likeness (QED) is 0.545. The number of hydrogen-bond acceptors (Lipinski definition) is 5. The van der Waals surface area contributed by atoms with Crippen molar-refractivity contribution >= 4 is 23.2 Å². The van der Waals surface area contributed by atoms with E-state index in [0.717, 1.165) is 45.2 Å². The highest BCUT2D eigenvalue weighted by molar-refractivity contribution is 7.12. The van der Waals surface area contributed by atoms with Crippen molar-refractivity contribution in [1.82, 2.24) is 15.1 Å². The molecule has 3 N–H and O–H groups in total. The monoisotopic (exact) mass is 510 g/mol. The number of thiophene rings is 1. The average molecular weight is 511 g/mol. The molecule has 7 heteroatoms. The second-order valence-electron chi connectivity index (χ2n) is 11.0. The van der Waals surface area contributed by atoms with Crippen LogP contribution in [-0.2, 0) is 11.3 Å². The van der Waals surface area contributed by atoms with Gasteiger partial charge in [0.25, 0.3) is 5.91 Å². The molecular weight excluding hydrogens is 468 g/mol. The van der Waals surface area contributed by atoms with Crippen LogP contribution in [-0.4, -0.2) is 58.9 Å². The van der Waals surface area contributed by atoms with E-state index in [9.17, 15) is 9.59 Å². The molecule has 0 spiro atoms. The predicted octanol–water partition coefficient (Wildman–Crippen LogP) is 4.57. The van der Waals surface area contributed by atoms with Gasteiger partial charge in [0.05, 0.1) is 4.88 Å². The van der Waals surface area contributed by atoms with Crippen molar-refractivity contribution in [2.75, 3.05) is 13.1 Å². The largest absolute Gasteiger partial charge is 0.352 e. The Labute approximate surface area is 220 Å². The summed E-state index contributed by atoms with van der Waals surface area (Å²) in [6, 6.07) is 12.5. The Morgan fingerprint density at radius 2 is 1.86 bits per heavy atom. The average Bonchev–Trinajstić information content (AvgIpc) is 3.40. The molecule has 2 aromatic rings. The third-order valence-corrected chi connectivity index (χ3v) is 8.60. The molecule has 0 bridgehead atoms.